The first-order valence-corrected chi connectivity index (χ1v) is 7.56. The number of benzene rings is 2. The summed E-state index contributed by atoms with van der Waals surface area (Å²) >= 11 is 0. The molecule has 2 aromatic carbocycles. The van der Waals surface area contributed by atoms with E-state index >= 15 is 0 Å². The summed E-state index contributed by atoms with van der Waals surface area (Å²) in [7, 11) is 3.05. The van der Waals surface area contributed by atoms with Crippen LogP contribution in [0, 0.1) is 0 Å². The highest BCUT2D eigenvalue weighted by atomic mass is 16.5. The maximum absolute atomic E-state index is 12.2. The second-order valence-electron chi connectivity index (χ2n) is 4.97. The zero-order valence-electron chi connectivity index (χ0n) is 14.2. The molecule has 0 bridgehead atoms. The molecule has 0 spiro atoms. The second-order valence-corrected chi connectivity index (χ2v) is 4.97. The minimum Gasteiger partial charge on any atom is -0.497 e. The number of nitrogens with one attached hydrogen (secondary N) is 1. The molecule has 0 aliphatic carbocycles. The molecule has 25 heavy (non-hydrogen) atoms. The van der Waals surface area contributed by atoms with Crippen molar-refractivity contribution in [2.75, 3.05) is 20.8 Å². The summed E-state index contributed by atoms with van der Waals surface area (Å²) in [6.45, 7) is 4.05. The lowest BCUT2D eigenvalue weighted by Crippen LogP contribution is -2.17. The molecule has 0 saturated carbocycles. The lowest BCUT2D eigenvalue weighted by atomic mass is 10.2. The van der Waals surface area contributed by atoms with E-state index in [1.165, 1.54) is 14.2 Å². The Morgan fingerprint density at radius 2 is 1.72 bits per heavy atom. The van der Waals surface area contributed by atoms with E-state index in [0.29, 0.717) is 23.7 Å². The van der Waals surface area contributed by atoms with E-state index < -0.39 is 0 Å². The van der Waals surface area contributed by atoms with Crippen molar-refractivity contribution in [1.29, 1.82) is 0 Å². The number of rotatable bonds is 8. The Kier molecular flexibility index (Phi) is 6.59. The van der Waals surface area contributed by atoms with Gasteiger partial charge >= 0.3 is 0 Å². The number of ether oxygens (including phenoxy) is 3. The lowest BCUT2D eigenvalue weighted by molar-refractivity contribution is 0.0954. The van der Waals surface area contributed by atoms with Crippen LogP contribution in [0.3, 0.4) is 0 Å². The molecule has 2 aromatic rings. The number of nitrogens with zero attached hydrogens (tertiary/aromatic N) is 1. The fourth-order valence-electron chi connectivity index (χ4n) is 1.97. The molecule has 0 aromatic heterocycles. The Bertz CT molecular complexity index is 732. The molecule has 0 saturated heterocycles. The average Bonchev–Trinajstić information content (AvgIpc) is 2.66. The van der Waals surface area contributed by atoms with E-state index in [4.69, 9.17) is 14.2 Å². The smallest absolute Gasteiger partial charge is 0.271 e. The van der Waals surface area contributed by atoms with E-state index in [-0.39, 0.29) is 5.91 Å². The first-order valence-electron chi connectivity index (χ1n) is 7.56. The third kappa shape index (κ3) is 5.39. The van der Waals surface area contributed by atoms with Crippen LogP contribution in [-0.4, -0.2) is 32.9 Å². The normalized spacial score (nSPS) is 10.3. The van der Waals surface area contributed by atoms with Gasteiger partial charge in [0.25, 0.3) is 5.91 Å². The van der Waals surface area contributed by atoms with Gasteiger partial charge in [-0.15, -0.1) is 0 Å². The van der Waals surface area contributed by atoms with Gasteiger partial charge in [-0.3, -0.25) is 4.79 Å². The summed E-state index contributed by atoms with van der Waals surface area (Å²) in [4.78, 5) is 12.2. The van der Waals surface area contributed by atoms with Crippen LogP contribution in [0.4, 0.5) is 0 Å². The standard InChI is InChI=1S/C19H20N2O4/c1-4-9-25-16-7-5-14(6-8-16)13-20-21-19(22)15-10-17(23-2)12-18(11-15)24-3/h4-8,10-13H,1,9H2,2-3H3,(H,21,22)/b20-13-. The van der Waals surface area contributed by atoms with Gasteiger partial charge in [0.15, 0.2) is 0 Å². The van der Waals surface area contributed by atoms with Gasteiger partial charge in [0, 0.05) is 11.6 Å². The number of amides is 1. The highest BCUT2D eigenvalue weighted by molar-refractivity contribution is 5.95. The summed E-state index contributed by atoms with van der Waals surface area (Å²) in [5.74, 6) is 1.44. The molecule has 1 amide bonds. The lowest BCUT2D eigenvalue weighted by Gasteiger charge is -2.07. The van der Waals surface area contributed by atoms with Crippen LogP contribution in [0.25, 0.3) is 0 Å². The molecule has 1 N–H and O–H groups in total. The number of hydrazone groups is 1. The minimum absolute atomic E-state index is 0.362. The molecule has 2 rings (SSSR count). The summed E-state index contributed by atoms with van der Waals surface area (Å²) in [6, 6.07) is 12.2. The van der Waals surface area contributed by atoms with Crippen LogP contribution in [0.2, 0.25) is 0 Å². The predicted octanol–water partition coefficient (Wildman–Crippen LogP) is 3.03. The Balaban J connectivity index is 1.99. The van der Waals surface area contributed by atoms with Gasteiger partial charge in [0.2, 0.25) is 0 Å². The van der Waals surface area contributed by atoms with Gasteiger partial charge in [-0.25, -0.2) is 5.43 Å². The van der Waals surface area contributed by atoms with Gasteiger partial charge in [-0.1, -0.05) is 12.7 Å². The number of methoxy groups -OCH3 is 2. The van der Waals surface area contributed by atoms with Crippen LogP contribution in [-0.2, 0) is 0 Å². The van der Waals surface area contributed by atoms with Crippen molar-refractivity contribution in [3.8, 4) is 17.2 Å². The van der Waals surface area contributed by atoms with Gasteiger partial charge in [-0.05, 0) is 42.0 Å². The summed E-state index contributed by atoms with van der Waals surface area (Å²) in [5.41, 5.74) is 3.69. The van der Waals surface area contributed by atoms with E-state index in [1.54, 1.807) is 30.5 Å². The molecule has 0 radical (unpaired) electrons. The van der Waals surface area contributed by atoms with Crippen LogP contribution in [0.5, 0.6) is 17.2 Å². The summed E-state index contributed by atoms with van der Waals surface area (Å²) in [5, 5.41) is 3.96. The number of hydrogen-bond acceptors (Lipinski definition) is 5. The molecule has 0 aliphatic rings. The first-order chi connectivity index (χ1) is 12.2. The zero-order chi connectivity index (χ0) is 18.1. The molecule has 0 atom stereocenters. The van der Waals surface area contributed by atoms with Gasteiger partial charge in [0.05, 0.1) is 20.4 Å². The van der Waals surface area contributed by atoms with Gasteiger partial charge in [-0.2, -0.15) is 5.10 Å². The molecule has 130 valence electrons. The van der Waals surface area contributed by atoms with Crippen molar-refractivity contribution in [3.05, 3.63) is 66.2 Å². The Labute approximate surface area is 146 Å². The maximum Gasteiger partial charge on any atom is 0.271 e. The zero-order valence-corrected chi connectivity index (χ0v) is 14.2. The highest BCUT2D eigenvalue weighted by Gasteiger charge is 2.09. The summed E-state index contributed by atoms with van der Waals surface area (Å²) < 4.78 is 15.7. The molecule has 0 heterocycles. The monoisotopic (exact) mass is 340 g/mol. The minimum atomic E-state index is -0.362. The fourth-order valence-corrected chi connectivity index (χ4v) is 1.97. The van der Waals surface area contributed by atoms with Crippen LogP contribution < -0.4 is 19.6 Å². The molecular formula is C19H20N2O4. The predicted molar refractivity (Wildman–Crippen MR) is 96.7 cm³/mol. The second kappa shape index (κ2) is 9.12. The molecule has 6 nitrogen and oxygen atoms in total. The highest BCUT2D eigenvalue weighted by Crippen LogP contribution is 2.22. The van der Waals surface area contributed by atoms with Crippen molar-refractivity contribution < 1.29 is 19.0 Å². The number of hydrogen-bond donors (Lipinski definition) is 1. The fraction of sp³-hybridized carbons (Fsp3) is 0.158. The van der Waals surface area contributed by atoms with E-state index in [0.717, 1.165) is 11.3 Å². The summed E-state index contributed by atoms with van der Waals surface area (Å²) in [6.07, 6.45) is 3.23. The van der Waals surface area contributed by atoms with Crippen molar-refractivity contribution in [2.45, 2.75) is 0 Å². The van der Waals surface area contributed by atoms with E-state index in [2.05, 4.69) is 17.1 Å². The SMILES string of the molecule is C=CCOc1ccc(/C=N\NC(=O)c2cc(OC)cc(OC)c2)cc1. The van der Waals surface area contributed by atoms with Crippen molar-refractivity contribution in [1.82, 2.24) is 5.43 Å². The maximum atomic E-state index is 12.2. The average molecular weight is 340 g/mol. The van der Waals surface area contributed by atoms with Crippen molar-refractivity contribution >= 4 is 12.1 Å². The largest absolute Gasteiger partial charge is 0.497 e. The van der Waals surface area contributed by atoms with Gasteiger partial charge < -0.3 is 14.2 Å². The van der Waals surface area contributed by atoms with Crippen molar-refractivity contribution in [2.24, 2.45) is 5.10 Å². The molecule has 0 aliphatic heterocycles. The Morgan fingerprint density at radius 3 is 2.28 bits per heavy atom. The van der Waals surface area contributed by atoms with Crippen LogP contribution in [0.1, 0.15) is 15.9 Å². The number of carbonyl (C=O) groups is 1. The van der Waals surface area contributed by atoms with Crippen LogP contribution >= 0.6 is 0 Å². The Morgan fingerprint density at radius 1 is 1.08 bits per heavy atom. The molecule has 6 heteroatoms. The molecule has 0 fully saturated rings. The van der Waals surface area contributed by atoms with E-state index in [9.17, 15) is 4.79 Å². The number of carbonyl (C=O) groups excluding carboxylic acids is 1. The third-order valence-electron chi connectivity index (χ3n) is 3.24. The first kappa shape index (κ1) is 18.1. The Hall–Kier alpha value is -3.28. The van der Waals surface area contributed by atoms with Crippen molar-refractivity contribution in [3.63, 3.8) is 0 Å². The molecule has 0 unspecified atom stereocenters. The third-order valence-corrected chi connectivity index (χ3v) is 3.24. The van der Waals surface area contributed by atoms with E-state index in [1.807, 2.05) is 24.3 Å². The van der Waals surface area contributed by atoms with Crippen LogP contribution in [0.15, 0.2) is 60.2 Å². The molecular weight excluding hydrogens is 320 g/mol. The quantitative estimate of drug-likeness (QED) is 0.456. The van der Waals surface area contributed by atoms with Gasteiger partial charge in [0.1, 0.15) is 23.9 Å². The topological polar surface area (TPSA) is 69.2 Å².